The first kappa shape index (κ1) is 18.5. The minimum absolute atomic E-state index is 0.0633. The molecule has 0 radical (unpaired) electrons. The normalized spacial score (nSPS) is 13.0. The summed E-state index contributed by atoms with van der Waals surface area (Å²) >= 11 is 9.15. The molecule has 0 N–H and O–H groups in total. The van der Waals surface area contributed by atoms with Crippen LogP contribution in [0.15, 0.2) is 52.1 Å². The zero-order valence-electron chi connectivity index (χ0n) is 14.9. The van der Waals surface area contributed by atoms with Gasteiger partial charge in [0.25, 0.3) is 11.1 Å². The number of carbonyl (C=O) groups is 1. The molecule has 9 heteroatoms. The number of hydrogen-bond acceptors (Lipinski definition) is 8. The minimum atomic E-state index is -0.0633. The Morgan fingerprint density at radius 2 is 1.93 bits per heavy atom. The molecule has 1 aliphatic heterocycles. The number of thioether (sulfide) groups is 1. The first-order valence-corrected chi connectivity index (χ1v) is 10.9. The second-order valence-electron chi connectivity index (χ2n) is 6.18. The summed E-state index contributed by atoms with van der Waals surface area (Å²) in [5.41, 5.74) is 0.550. The van der Waals surface area contributed by atoms with Gasteiger partial charge in [0, 0.05) is 15.6 Å². The maximum Gasteiger partial charge on any atom is 0.277 e. The van der Waals surface area contributed by atoms with Gasteiger partial charge >= 0.3 is 0 Å². The molecular formula is C20H13ClN2O4S2. The van der Waals surface area contributed by atoms with Crippen LogP contribution in [0.5, 0.6) is 11.5 Å². The second kappa shape index (κ2) is 7.70. The van der Waals surface area contributed by atoms with E-state index in [2.05, 4.69) is 10.2 Å². The lowest BCUT2D eigenvalue weighted by Gasteiger charge is -2.18. The second-order valence-corrected chi connectivity index (χ2v) is 8.54. The standard InChI is InChI=1S/C20H13ClN2O4S2/c21-17-12-3-1-2-4-16(12)29-18(17)19-22-23-20(27-19)28-10-13(24)11-5-6-14-15(9-11)26-8-7-25-14/h1-6,9H,7-8,10H2. The van der Waals surface area contributed by atoms with E-state index in [-0.39, 0.29) is 11.5 Å². The van der Waals surface area contributed by atoms with E-state index >= 15 is 0 Å². The van der Waals surface area contributed by atoms with Crippen molar-refractivity contribution >= 4 is 50.6 Å². The Labute approximate surface area is 178 Å². The molecule has 0 aliphatic carbocycles. The molecule has 0 unspecified atom stereocenters. The van der Waals surface area contributed by atoms with Crippen LogP contribution in [0.25, 0.3) is 20.9 Å². The molecule has 1 aliphatic rings. The van der Waals surface area contributed by atoms with Gasteiger partial charge in [0.15, 0.2) is 17.3 Å². The maximum absolute atomic E-state index is 12.5. The molecule has 0 spiro atoms. The zero-order valence-corrected chi connectivity index (χ0v) is 17.3. The van der Waals surface area contributed by atoms with Crippen LogP contribution in [0.3, 0.4) is 0 Å². The van der Waals surface area contributed by atoms with Crippen molar-refractivity contribution in [2.24, 2.45) is 0 Å². The number of aromatic nitrogens is 2. The number of carbonyl (C=O) groups excluding carboxylic acids is 1. The van der Waals surface area contributed by atoms with Gasteiger partial charge in [-0.1, -0.05) is 41.6 Å². The van der Waals surface area contributed by atoms with Gasteiger partial charge in [0.1, 0.15) is 18.1 Å². The van der Waals surface area contributed by atoms with Crippen LogP contribution in [0.2, 0.25) is 5.02 Å². The number of nitrogens with zero attached hydrogens (tertiary/aromatic N) is 2. The topological polar surface area (TPSA) is 74.5 Å². The van der Waals surface area contributed by atoms with Gasteiger partial charge in [-0.3, -0.25) is 4.79 Å². The molecule has 0 atom stereocenters. The Balaban J connectivity index is 1.30. The smallest absolute Gasteiger partial charge is 0.277 e. The molecule has 0 amide bonds. The van der Waals surface area contributed by atoms with Crippen LogP contribution in [0, 0.1) is 0 Å². The van der Waals surface area contributed by atoms with Crippen LogP contribution < -0.4 is 9.47 Å². The van der Waals surface area contributed by atoms with E-state index in [1.165, 1.54) is 23.1 Å². The Morgan fingerprint density at radius 3 is 2.79 bits per heavy atom. The Hall–Kier alpha value is -2.55. The molecule has 2 aromatic heterocycles. The minimum Gasteiger partial charge on any atom is -0.486 e. The van der Waals surface area contributed by atoms with Crippen LogP contribution in [-0.2, 0) is 0 Å². The first-order chi connectivity index (χ1) is 14.2. The highest BCUT2D eigenvalue weighted by Crippen LogP contribution is 2.41. The number of ketones is 1. The molecule has 146 valence electrons. The molecule has 0 bridgehead atoms. The summed E-state index contributed by atoms with van der Waals surface area (Å²) < 4.78 is 17.8. The van der Waals surface area contributed by atoms with Gasteiger partial charge in [-0.05, 0) is 24.3 Å². The number of thiophene rings is 1. The highest BCUT2D eigenvalue weighted by Gasteiger charge is 2.19. The summed E-state index contributed by atoms with van der Waals surface area (Å²) in [6, 6.07) is 13.0. The third kappa shape index (κ3) is 3.59. The van der Waals surface area contributed by atoms with Gasteiger partial charge in [-0.15, -0.1) is 21.5 Å². The van der Waals surface area contributed by atoms with Crippen molar-refractivity contribution in [1.29, 1.82) is 0 Å². The van der Waals surface area contributed by atoms with Crippen molar-refractivity contribution in [2.45, 2.75) is 5.22 Å². The Bertz CT molecular complexity index is 1220. The number of benzene rings is 2. The number of rotatable bonds is 5. The highest BCUT2D eigenvalue weighted by atomic mass is 35.5. The van der Waals surface area contributed by atoms with E-state index in [1.807, 2.05) is 24.3 Å². The van der Waals surface area contributed by atoms with E-state index in [0.29, 0.717) is 46.4 Å². The van der Waals surface area contributed by atoms with Crippen LogP contribution in [0.1, 0.15) is 10.4 Å². The summed E-state index contributed by atoms with van der Waals surface area (Å²) in [4.78, 5) is 13.3. The highest BCUT2D eigenvalue weighted by molar-refractivity contribution is 7.99. The van der Waals surface area contributed by atoms with E-state index in [0.717, 1.165) is 15.0 Å². The fraction of sp³-hybridized carbons (Fsp3) is 0.150. The molecular weight excluding hydrogens is 432 g/mol. The van der Waals surface area contributed by atoms with Gasteiger partial charge in [-0.25, -0.2) is 0 Å². The number of halogens is 1. The number of Topliss-reactive ketones (excluding diaryl/α,β-unsaturated/α-hetero) is 1. The molecule has 0 saturated carbocycles. The van der Waals surface area contributed by atoms with Crippen molar-refractivity contribution in [2.75, 3.05) is 19.0 Å². The van der Waals surface area contributed by atoms with Gasteiger partial charge in [-0.2, -0.15) is 0 Å². The predicted molar refractivity (Wildman–Crippen MR) is 113 cm³/mol. The summed E-state index contributed by atoms with van der Waals surface area (Å²) in [5.74, 6) is 1.70. The number of hydrogen-bond donors (Lipinski definition) is 0. The summed E-state index contributed by atoms with van der Waals surface area (Å²) in [7, 11) is 0. The van der Waals surface area contributed by atoms with Gasteiger partial charge in [0.2, 0.25) is 0 Å². The van der Waals surface area contributed by atoms with Crippen LogP contribution in [0.4, 0.5) is 0 Å². The lowest BCUT2D eigenvalue weighted by atomic mass is 10.1. The summed E-state index contributed by atoms with van der Waals surface area (Å²) in [6.45, 7) is 0.990. The van der Waals surface area contributed by atoms with Crippen LogP contribution >= 0.6 is 34.7 Å². The largest absolute Gasteiger partial charge is 0.486 e. The Morgan fingerprint density at radius 1 is 1.10 bits per heavy atom. The lowest BCUT2D eigenvalue weighted by Crippen LogP contribution is -2.16. The first-order valence-electron chi connectivity index (χ1n) is 8.75. The number of fused-ring (bicyclic) bond motifs is 2. The van der Waals surface area contributed by atoms with Crippen molar-refractivity contribution in [3.8, 4) is 22.3 Å². The van der Waals surface area contributed by atoms with Crippen molar-refractivity contribution in [1.82, 2.24) is 10.2 Å². The predicted octanol–water partition coefficient (Wildman–Crippen LogP) is 5.35. The van der Waals surface area contributed by atoms with Crippen molar-refractivity contribution in [3.63, 3.8) is 0 Å². The zero-order chi connectivity index (χ0) is 19.8. The van der Waals surface area contributed by atoms with E-state index in [9.17, 15) is 4.79 Å². The monoisotopic (exact) mass is 444 g/mol. The molecule has 6 nitrogen and oxygen atoms in total. The maximum atomic E-state index is 12.5. The van der Waals surface area contributed by atoms with Gasteiger partial charge in [0.05, 0.1) is 10.8 Å². The van der Waals surface area contributed by atoms with E-state index in [4.69, 9.17) is 25.5 Å². The average Bonchev–Trinajstić information content (AvgIpc) is 3.36. The van der Waals surface area contributed by atoms with E-state index in [1.54, 1.807) is 18.2 Å². The fourth-order valence-corrected chi connectivity index (χ4v) is 5.03. The molecule has 0 saturated heterocycles. The molecule has 29 heavy (non-hydrogen) atoms. The average molecular weight is 445 g/mol. The SMILES string of the molecule is O=C(CSc1nnc(-c2sc3ccccc3c2Cl)o1)c1ccc2c(c1)OCCO2. The Kier molecular flexibility index (Phi) is 4.91. The summed E-state index contributed by atoms with van der Waals surface area (Å²) in [5, 5.41) is 10.00. The molecule has 3 heterocycles. The lowest BCUT2D eigenvalue weighted by molar-refractivity contribution is 0.102. The van der Waals surface area contributed by atoms with Crippen LogP contribution in [-0.4, -0.2) is 34.9 Å². The fourth-order valence-electron chi connectivity index (χ4n) is 2.94. The van der Waals surface area contributed by atoms with Gasteiger partial charge < -0.3 is 13.9 Å². The summed E-state index contributed by atoms with van der Waals surface area (Å²) in [6.07, 6.45) is 0. The third-order valence-corrected chi connectivity index (χ3v) is 6.81. The molecule has 5 rings (SSSR count). The molecule has 2 aromatic carbocycles. The third-order valence-electron chi connectivity index (χ3n) is 4.33. The number of ether oxygens (including phenoxy) is 2. The molecule has 4 aromatic rings. The van der Waals surface area contributed by atoms with Crippen molar-refractivity contribution in [3.05, 3.63) is 53.1 Å². The quantitative estimate of drug-likeness (QED) is 0.303. The van der Waals surface area contributed by atoms with Crippen molar-refractivity contribution < 1.29 is 18.7 Å². The van der Waals surface area contributed by atoms with E-state index < -0.39 is 0 Å². The molecule has 0 fully saturated rings.